The molecule has 3 aromatic carbocycles. The lowest BCUT2D eigenvalue weighted by molar-refractivity contribution is 0.0737. The second-order valence-electron chi connectivity index (χ2n) is 4.77. The fraction of sp³-hybridized carbons (Fsp3) is 0.0556. The number of esters is 1. The summed E-state index contributed by atoms with van der Waals surface area (Å²) < 4.78 is 5.52. The molecule has 0 spiro atoms. The Kier molecular flexibility index (Phi) is 5.15. The van der Waals surface area contributed by atoms with Gasteiger partial charge in [0.25, 0.3) is 0 Å². The zero-order chi connectivity index (χ0) is 14.7. The van der Waals surface area contributed by atoms with Crippen molar-refractivity contribution in [2.75, 3.05) is 0 Å². The first kappa shape index (κ1) is 16.0. The Bertz CT molecular complexity index is 779. The minimum absolute atomic E-state index is 0. The van der Waals surface area contributed by atoms with E-state index in [0.29, 0.717) is 17.9 Å². The summed E-state index contributed by atoms with van der Waals surface area (Å²) >= 11 is 0. The van der Waals surface area contributed by atoms with Gasteiger partial charge in [-0.2, -0.15) is 0 Å². The molecule has 0 amide bonds. The van der Waals surface area contributed by atoms with E-state index in [9.17, 15) is 4.79 Å². The van der Waals surface area contributed by atoms with E-state index >= 15 is 0 Å². The highest BCUT2D eigenvalue weighted by molar-refractivity contribution is 5.95. The predicted molar refractivity (Wildman–Crippen MR) is 90.5 cm³/mol. The molecule has 0 unspecified atom stereocenters. The van der Waals surface area contributed by atoms with Crippen molar-refractivity contribution in [3.63, 3.8) is 0 Å². The van der Waals surface area contributed by atoms with E-state index in [-0.39, 0.29) is 18.4 Å². The van der Waals surface area contributed by atoms with E-state index < -0.39 is 0 Å². The van der Waals surface area contributed by atoms with E-state index in [1.807, 2.05) is 48.5 Å². The Hall–Kier alpha value is -2.36. The van der Waals surface area contributed by atoms with Gasteiger partial charge in [0.15, 0.2) is 0 Å². The average Bonchev–Trinajstić information content (AvgIpc) is 2.55. The first-order valence-electron chi connectivity index (χ1n) is 6.77. The van der Waals surface area contributed by atoms with Crippen LogP contribution in [0.2, 0.25) is 0 Å². The molecule has 0 bridgehead atoms. The summed E-state index contributed by atoms with van der Waals surface area (Å²) in [5, 5.41) is 1.97. The maximum atomic E-state index is 12.2. The van der Waals surface area contributed by atoms with Crippen LogP contribution in [0, 0.1) is 0 Å². The molecule has 0 fully saturated rings. The van der Waals surface area contributed by atoms with Gasteiger partial charge in [0.05, 0.1) is 5.56 Å². The molecule has 0 heterocycles. The minimum Gasteiger partial charge on any atom is -0.422 e. The molecule has 112 valence electrons. The molecule has 0 radical (unpaired) electrons. The first-order chi connectivity index (χ1) is 10.3. The topological polar surface area (TPSA) is 52.3 Å². The molecular weight excluding hydrogens is 298 g/mol. The van der Waals surface area contributed by atoms with Crippen molar-refractivity contribution in [1.29, 1.82) is 0 Å². The monoisotopic (exact) mass is 313 g/mol. The molecule has 0 saturated carbocycles. The molecule has 2 N–H and O–H groups in total. The van der Waals surface area contributed by atoms with Gasteiger partial charge in [0.2, 0.25) is 0 Å². The van der Waals surface area contributed by atoms with Gasteiger partial charge in [-0.05, 0) is 29.1 Å². The number of ether oxygens (including phenoxy) is 1. The predicted octanol–water partition coefficient (Wildman–Crippen LogP) is 3.94. The molecule has 3 nitrogen and oxygen atoms in total. The zero-order valence-corrected chi connectivity index (χ0v) is 12.7. The summed E-state index contributed by atoms with van der Waals surface area (Å²) in [6.07, 6.45) is 0. The van der Waals surface area contributed by atoms with Crippen molar-refractivity contribution < 1.29 is 9.53 Å². The molecule has 0 aliphatic carbocycles. The fourth-order valence-corrected chi connectivity index (χ4v) is 2.22. The van der Waals surface area contributed by atoms with E-state index in [2.05, 4.69) is 0 Å². The minimum atomic E-state index is -0.366. The van der Waals surface area contributed by atoms with Crippen LogP contribution in [-0.2, 0) is 6.54 Å². The molecular formula is C18H16ClNO2. The molecule has 0 aliphatic heterocycles. The van der Waals surface area contributed by atoms with Gasteiger partial charge in [-0.15, -0.1) is 12.4 Å². The van der Waals surface area contributed by atoms with Crippen LogP contribution in [0.5, 0.6) is 5.75 Å². The highest BCUT2D eigenvalue weighted by Gasteiger charge is 2.10. The van der Waals surface area contributed by atoms with Crippen LogP contribution in [0.15, 0.2) is 66.7 Å². The summed E-state index contributed by atoms with van der Waals surface area (Å²) in [6, 6.07) is 20.6. The van der Waals surface area contributed by atoms with Crippen molar-refractivity contribution in [2.24, 2.45) is 5.73 Å². The number of carbonyl (C=O) groups excluding carboxylic acids is 1. The van der Waals surface area contributed by atoms with Crippen molar-refractivity contribution >= 4 is 29.1 Å². The zero-order valence-electron chi connectivity index (χ0n) is 11.9. The molecule has 22 heavy (non-hydrogen) atoms. The highest BCUT2D eigenvalue weighted by atomic mass is 35.5. The number of nitrogens with two attached hydrogens (primary N) is 1. The number of rotatable bonds is 3. The lowest BCUT2D eigenvalue weighted by Gasteiger charge is -2.08. The number of benzene rings is 3. The third kappa shape index (κ3) is 3.27. The molecule has 3 rings (SSSR count). The van der Waals surface area contributed by atoms with E-state index in [0.717, 1.165) is 16.3 Å². The van der Waals surface area contributed by atoms with Gasteiger partial charge < -0.3 is 10.5 Å². The summed E-state index contributed by atoms with van der Waals surface area (Å²) in [6.45, 7) is 0.457. The SMILES string of the molecule is Cl.NCc1ccc(C(=O)Oc2cccc3ccccc23)cc1. The van der Waals surface area contributed by atoms with Crippen LogP contribution in [-0.4, -0.2) is 5.97 Å². The van der Waals surface area contributed by atoms with Crippen LogP contribution in [0.4, 0.5) is 0 Å². The number of fused-ring (bicyclic) bond motifs is 1. The molecule has 4 heteroatoms. The van der Waals surface area contributed by atoms with E-state index in [1.54, 1.807) is 18.2 Å². The van der Waals surface area contributed by atoms with Crippen LogP contribution < -0.4 is 10.5 Å². The van der Waals surface area contributed by atoms with Gasteiger partial charge in [-0.25, -0.2) is 4.79 Å². The highest BCUT2D eigenvalue weighted by Crippen LogP contribution is 2.25. The van der Waals surface area contributed by atoms with Crippen LogP contribution >= 0.6 is 12.4 Å². The van der Waals surface area contributed by atoms with Crippen LogP contribution in [0.3, 0.4) is 0 Å². The smallest absolute Gasteiger partial charge is 0.343 e. The molecule has 0 atom stereocenters. The Balaban J connectivity index is 0.00000176. The summed E-state index contributed by atoms with van der Waals surface area (Å²) in [4.78, 5) is 12.2. The third-order valence-corrected chi connectivity index (χ3v) is 3.38. The van der Waals surface area contributed by atoms with Crippen molar-refractivity contribution in [2.45, 2.75) is 6.54 Å². The summed E-state index contributed by atoms with van der Waals surface area (Å²) in [5.41, 5.74) is 7.04. The number of hydrogen-bond acceptors (Lipinski definition) is 3. The Morgan fingerprint density at radius 3 is 2.32 bits per heavy atom. The van der Waals surface area contributed by atoms with Crippen LogP contribution in [0.25, 0.3) is 10.8 Å². The number of carbonyl (C=O) groups is 1. The lowest BCUT2D eigenvalue weighted by atomic mass is 10.1. The average molecular weight is 314 g/mol. The molecule has 0 aromatic heterocycles. The van der Waals surface area contributed by atoms with Gasteiger partial charge in [0.1, 0.15) is 5.75 Å². The summed E-state index contributed by atoms with van der Waals surface area (Å²) in [7, 11) is 0. The van der Waals surface area contributed by atoms with Gasteiger partial charge >= 0.3 is 5.97 Å². The van der Waals surface area contributed by atoms with Crippen molar-refractivity contribution in [3.05, 3.63) is 77.9 Å². The van der Waals surface area contributed by atoms with E-state index in [4.69, 9.17) is 10.5 Å². The number of halogens is 1. The quantitative estimate of drug-likeness (QED) is 0.588. The van der Waals surface area contributed by atoms with E-state index in [1.165, 1.54) is 0 Å². The van der Waals surface area contributed by atoms with Gasteiger partial charge in [-0.1, -0.05) is 48.5 Å². The molecule has 3 aromatic rings. The first-order valence-corrected chi connectivity index (χ1v) is 6.77. The Morgan fingerprint density at radius 1 is 0.909 bits per heavy atom. The van der Waals surface area contributed by atoms with Gasteiger partial charge in [0, 0.05) is 11.9 Å². The fourth-order valence-electron chi connectivity index (χ4n) is 2.22. The summed E-state index contributed by atoms with van der Waals surface area (Å²) in [5.74, 6) is 0.205. The largest absolute Gasteiger partial charge is 0.422 e. The Morgan fingerprint density at radius 2 is 1.59 bits per heavy atom. The van der Waals surface area contributed by atoms with Crippen LogP contribution in [0.1, 0.15) is 15.9 Å². The Labute approximate surface area is 135 Å². The maximum Gasteiger partial charge on any atom is 0.343 e. The lowest BCUT2D eigenvalue weighted by Crippen LogP contribution is -2.09. The van der Waals surface area contributed by atoms with Crippen molar-refractivity contribution in [3.8, 4) is 5.75 Å². The normalized spacial score (nSPS) is 10.0. The second kappa shape index (κ2) is 7.07. The maximum absolute atomic E-state index is 12.2. The second-order valence-corrected chi connectivity index (χ2v) is 4.77. The molecule has 0 saturated heterocycles. The molecule has 0 aliphatic rings. The standard InChI is InChI=1S/C18H15NO2.ClH/c19-12-13-8-10-15(11-9-13)18(20)21-17-7-3-5-14-4-1-2-6-16(14)17;/h1-11H,12,19H2;1H. The number of hydrogen-bond donors (Lipinski definition) is 1. The van der Waals surface area contributed by atoms with Gasteiger partial charge in [-0.3, -0.25) is 0 Å². The third-order valence-electron chi connectivity index (χ3n) is 3.38. The van der Waals surface area contributed by atoms with Crippen molar-refractivity contribution in [1.82, 2.24) is 0 Å².